The molecule has 0 saturated heterocycles. The molecule has 2 atom stereocenters. The largest absolute Gasteiger partial charge is 0.444 e. The number of carbonyl (C=O) groups is 3. The predicted octanol–water partition coefficient (Wildman–Crippen LogP) is 6.50. The topological polar surface area (TPSA) is 87.7 Å². The molecule has 3 amide bonds. The Kier molecular flexibility index (Phi) is 9.60. The lowest BCUT2D eigenvalue weighted by molar-refractivity contribution is -0.137. The molecular formula is C33H39N3O4. The maximum atomic E-state index is 13.9. The monoisotopic (exact) mass is 541 g/mol. The minimum Gasteiger partial charge on any atom is -0.444 e. The molecule has 0 bridgehead atoms. The number of hydrogen-bond acceptors (Lipinski definition) is 4. The number of rotatable bonds is 8. The van der Waals surface area contributed by atoms with E-state index < -0.39 is 35.6 Å². The molecular weight excluding hydrogens is 502 g/mol. The number of ether oxygens (including phenoxy) is 1. The highest BCUT2D eigenvalue weighted by atomic mass is 16.6. The number of alkyl carbamates (subject to hydrolysis) is 1. The molecule has 0 fully saturated rings. The summed E-state index contributed by atoms with van der Waals surface area (Å²) in [5.74, 6) is -0.987. The van der Waals surface area contributed by atoms with Crippen molar-refractivity contribution in [3.63, 3.8) is 0 Å². The molecule has 2 unspecified atom stereocenters. The number of nitrogens with one attached hydrogen (secondary N) is 2. The van der Waals surface area contributed by atoms with Crippen LogP contribution in [-0.4, -0.2) is 34.5 Å². The zero-order valence-electron chi connectivity index (χ0n) is 24.4. The van der Waals surface area contributed by atoms with Gasteiger partial charge in [-0.1, -0.05) is 68.8 Å². The zero-order chi connectivity index (χ0) is 29.6. The second-order valence-corrected chi connectivity index (χ2v) is 11.5. The van der Waals surface area contributed by atoms with Gasteiger partial charge in [0.1, 0.15) is 17.7 Å². The van der Waals surface area contributed by atoms with Gasteiger partial charge in [0.05, 0.1) is 0 Å². The maximum Gasteiger partial charge on any atom is 0.408 e. The molecule has 2 N–H and O–H groups in total. The van der Waals surface area contributed by atoms with Crippen LogP contribution in [-0.2, 0) is 14.3 Å². The Labute approximate surface area is 237 Å². The third kappa shape index (κ3) is 7.86. The fraction of sp³-hybridized carbons (Fsp3) is 0.364. The van der Waals surface area contributed by atoms with Crippen LogP contribution in [0.15, 0.2) is 60.7 Å². The van der Waals surface area contributed by atoms with Gasteiger partial charge in [-0.25, -0.2) is 4.79 Å². The van der Waals surface area contributed by atoms with Gasteiger partial charge in [0.25, 0.3) is 11.8 Å². The molecule has 0 spiro atoms. The van der Waals surface area contributed by atoms with E-state index in [1.807, 2.05) is 82.3 Å². The van der Waals surface area contributed by atoms with E-state index >= 15 is 0 Å². The SMILES string of the molecule is C#CN(C(=O)C(CC(C)C)NC(=O)OC(C)(C)C)C(C(=O)Nc1ccc2ccccc2c1)c1ccc(C)c(C)c1. The summed E-state index contributed by atoms with van der Waals surface area (Å²) in [7, 11) is 0. The van der Waals surface area contributed by atoms with E-state index in [9.17, 15) is 14.4 Å². The van der Waals surface area contributed by atoms with Gasteiger partial charge in [-0.2, -0.15) is 0 Å². The standard InChI is InChI=1S/C33H39N3O4/c1-9-36(31(38)28(18-21(2)3)35-32(39)40-33(6,7)8)29(26-15-14-22(4)23(5)19-26)30(37)34-27-17-16-24-12-10-11-13-25(24)20-27/h1,10-17,19-21,28-29H,18H2,2-8H3,(H,34,37)(H,35,39). The number of hydrogen-bond donors (Lipinski definition) is 2. The molecule has 0 radical (unpaired) electrons. The number of benzene rings is 3. The van der Waals surface area contributed by atoms with E-state index in [2.05, 4.69) is 16.7 Å². The van der Waals surface area contributed by atoms with Gasteiger partial charge >= 0.3 is 6.09 Å². The van der Waals surface area contributed by atoms with Crippen LogP contribution in [0.3, 0.4) is 0 Å². The first kappa shape index (κ1) is 30.2. The van der Waals surface area contributed by atoms with Gasteiger partial charge in [0.15, 0.2) is 0 Å². The Hall–Kier alpha value is -4.31. The minimum absolute atomic E-state index is 0.0509. The summed E-state index contributed by atoms with van der Waals surface area (Å²) in [6.45, 7) is 13.0. The molecule has 3 aromatic carbocycles. The van der Waals surface area contributed by atoms with Gasteiger partial charge in [0, 0.05) is 11.7 Å². The second-order valence-electron chi connectivity index (χ2n) is 11.5. The van der Waals surface area contributed by atoms with Crippen LogP contribution in [0, 0.1) is 32.2 Å². The number of fused-ring (bicyclic) bond motifs is 1. The van der Waals surface area contributed by atoms with Crippen LogP contribution in [0.25, 0.3) is 10.8 Å². The lowest BCUT2D eigenvalue weighted by Crippen LogP contribution is -2.51. The Morgan fingerprint density at radius 2 is 1.62 bits per heavy atom. The fourth-order valence-corrected chi connectivity index (χ4v) is 4.41. The third-order valence-corrected chi connectivity index (χ3v) is 6.44. The van der Waals surface area contributed by atoms with E-state index in [4.69, 9.17) is 11.2 Å². The van der Waals surface area contributed by atoms with E-state index in [1.165, 1.54) is 0 Å². The first-order valence-corrected chi connectivity index (χ1v) is 13.4. The molecule has 3 aromatic rings. The summed E-state index contributed by atoms with van der Waals surface area (Å²) in [6, 6.07) is 19.3. The van der Waals surface area contributed by atoms with Crippen molar-refractivity contribution in [1.29, 1.82) is 0 Å². The van der Waals surface area contributed by atoms with Gasteiger partial charge in [-0.05, 0) is 86.6 Å². The van der Waals surface area contributed by atoms with E-state index in [0.717, 1.165) is 26.8 Å². The van der Waals surface area contributed by atoms with Crippen molar-refractivity contribution in [1.82, 2.24) is 10.2 Å². The first-order valence-electron chi connectivity index (χ1n) is 13.4. The van der Waals surface area contributed by atoms with Gasteiger partial charge < -0.3 is 15.4 Å². The Bertz CT molecular complexity index is 1430. The predicted molar refractivity (Wildman–Crippen MR) is 160 cm³/mol. The molecule has 0 aromatic heterocycles. The van der Waals surface area contributed by atoms with Crippen molar-refractivity contribution in [2.24, 2.45) is 5.92 Å². The van der Waals surface area contributed by atoms with Gasteiger partial charge in [-0.15, -0.1) is 0 Å². The molecule has 0 aliphatic carbocycles. The Balaban J connectivity index is 2.00. The number of anilines is 1. The van der Waals surface area contributed by atoms with E-state index in [1.54, 1.807) is 26.8 Å². The Morgan fingerprint density at radius 3 is 2.23 bits per heavy atom. The van der Waals surface area contributed by atoms with Crippen LogP contribution >= 0.6 is 0 Å². The smallest absolute Gasteiger partial charge is 0.408 e. The molecule has 210 valence electrons. The van der Waals surface area contributed by atoms with Crippen molar-refractivity contribution in [2.45, 2.75) is 72.6 Å². The molecule has 0 aliphatic rings. The number of nitrogens with zero attached hydrogens (tertiary/aromatic N) is 1. The fourth-order valence-electron chi connectivity index (χ4n) is 4.41. The molecule has 0 saturated carbocycles. The molecule has 7 heteroatoms. The second kappa shape index (κ2) is 12.7. The summed E-state index contributed by atoms with van der Waals surface area (Å²) in [6.07, 6.45) is 5.50. The third-order valence-electron chi connectivity index (χ3n) is 6.44. The number of amides is 3. The highest BCUT2D eigenvalue weighted by Gasteiger charge is 2.36. The average Bonchev–Trinajstić information content (AvgIpc) is 2.86. The number of carbonyl (C=O) groups excluding carboxylic acids is 3. The van der Waals surface area contributed by atoms with Crippen LogP contribution in [0.2, 0.25) is 0 Å². The van der Waals surface area contributed by atoms with Crippen molar-refractivity contribution in [2.75, 3.05) is 5.32 Å². The highest BCUT2D eigenvalue weighted by Crippen LogP contribution is 2.27. The normalized spacial score (nSPS) is 12.8. The van der Waals surface area contributed by atoms with Crippen LogP contribution in [0.5, 0.6) is 0 Å². The van der Waals surface area contributed by atoms with Crippen LogP contribution in [0.4, 0.5) is 10.5 Å². The number of aryl methyl sites for hydroxylation is 2. The minimum atomic E-state index is -1.14. The average molecular weight is 542 g/mol. The summed E-state index contributed by atoms with van der Waals surface area (Å²) in [5.41, 5.74) is 2.39. The van der Waals surface area contributed by atoms with Crippen molar-refractivity contribution in [3.05, 3.63) is 77.4 Å². The zero-order valence-corrected chi connectivity index (χ0v) is 24.4. The lowest BCUT2D eigenvalue weighted by Gasteiger charge is -2.31. The summed E-state index contributed by atoms with van der Waals surface area (Å²) in [5, 5.41) is 7.63. The van der Waals surface area contributed by atoms with Gasteiger partial charge in [-0.3, -0.25) is 14.5 Å². The highest BCUT2D eigenvalue weighted by molar-refractivity contribution is 6.01. The molecule has 3 rings (SSSR count). The quantitative estimate of drug-likeness (QED) is 0.252. The van der Waals surface area contributed by atoms with E-state index in [0.29, 0.717) is 17.7 Å². The van der Waals surface area contributed by atoms with Crippen LogP contribution < -0.4 is 10.6 Å². The summed E-state index contributed by atoms with van der Waals surface area (Å²) < 4.78 is 5.40. The van der Waals surface area contributed by atoms with Gasteiger partial charge in [0.2, 0.25) is 0 Å². The molecule has 40 heavy (non-hydrogen) atoms. The van der Waals surface area contributed by atoms with Crippen molar-refractivity contribution >= 4 is 34.4 Å². The van der Waals surface area contributed by atoms with Crippen molar-refractivity contribution in [3.8, 4) is 12.5 Å². The molecule has 0 aliphatic heterocycles. The van der Waals surface area contributed by atoms with Crippen LogP contribution in [0.1, 0.15) is 63.8 Å². The molecule has 0 heterocycles. The summed E-state index contributed by atoms with van der Waals surface area (Å²) in [4.78, 5) is 41.5. The lowest BCUT2D eigenvalue weighted by atomic mass is 9.97. The van der Waals surface area contributed by atoms with Crippen molar-refractivity contribution < 1.29 is 19.1 Å². The maximum absolute atomic E-state index is 13.9. The molecule has 7 nitrogen and oxygen atoms in total. The van der Waals surface area contributed by atoms with E-state index in [-0.39, 0.29) is 5.92 Å². The Morgan fingerprint density at radius 1 is 0.950 bits per heavy atom. The first-order chi connectivity index (χ1) is 18.8. The number of terminal acetylenes is 1. The summed E-state index contributed by atoms with van der Waals surface area (Å²) >= 11 is 0.